The number of anilines is 1. The minimum atomic E-state index is -3.67. The number of nitrogens with one attached hydrogen (secondary N) is 1. The number of nitrogens with zero attached hydrogens (tertiary/aromatic N) is 1. The molecule has 0 saturated carbocycles. The van der Waals surface area contributed by atoms with E-state index < -0.39 is 10.0 Å². The molecule has 0 atom stereocenters. The number of fused-ring (bicyclic) bond motifs is 1. The molecule has 0 saturated heterocycles. The molecule has 5 nitrogen and oxygen atoms in total. The summed E-state index contributed by atoms with van der Waals surface area (Å²) in [6.07, 6.45) is 3.02. The first-order chi connectivity index (χ1) is 9.99. The average molecular weight is 388 g/mol. The highest BCUT2D eigenvalue weighted by molar-refractivity contribution is 9.10. The molecule has 0 fully saturated rings. The fraction of sp³-hybridized carbons (Fsp3) is 0.308. The summed E-state index contributed by atoms with van der Waals surface area (Å²) in [6.45, 7) is 0.293. The van der Waals surface area contributed by atoms with Crippen LogP contribution in [0.15, 0.2) is 27.6 Å². The van der Waals surface area contributed by atoms with Gasteiger partial charge in [0.1, 0.15) is 4.90 Å². The van der Waals surface area contributed by atoms with Gasteiger partial charge >= 0.3 is 0 Å². The molecule has 1 aliphatic carbocycles. The van der Waals surface area contributed by atoms with Gasteiger partial charge in [-0.2, -0.15) is 0 Å². The van der Waals surface area contributed by atoms with E-state index in [2.05, 4.69) is 25.6 Å². The number of benzene rings is 1. The van der Waals surface area contributed by atoms with Crippen molar-refractivity contribution in [3.63, 3.8) is 0 Å². The molecule has 0 aliphatic heterocycles. The third kappa shape index (κ3) is 2.98. The van der Waals surface area contributed by atoms with Crippen molar-refractivity contribution < 1.29 is 8.42 Å². The maximum atomic E-state index is 12.5. The lowest BCUT2D eigenvalue weighted by molar-refractivity contribution is 0.600. The Morgan fingerprint density at radius 3 is 2.90 bits per heavy atom. The van der Waals surface area contributed by atoms with E-state index in [0.29, 0.717) is 16.1 Å². The zero-order chi connectivity index (χ0) is 15.0. The van der Waals surface area contributed by atoms with Gasteiger partial charge in [-0.05, 0) is 52.9 Å². The van der Waals surface area contributed by atoms with Crippen molar-refractivity contribution >= 4 is 42.4 Å². The van der Waals surface area contributed by atoms with Crippen LogP contribution in [0.3, 0.4) is 0 Å². The molecule has 0 bridgehead atoms. The number of thiazole rings is 1. The molecule has 21 heavy (non-hydrogen) atoms. The third-order valence-corrected chi connectivity index (χ3v) is 6.87. The first-order valence-electron chi connectivity index (χ1n) is 6.49. The van der Waals surface area contributed by atoms with Gasteiger partial charge in [-0.3, -0.25) is 4.72 Å². The fourth-order valence-electron chi connectivity index (χ4n) is 2.28. The second-order valence-corrected chi connectivity index (χ2v) is 8.41. The van der Waals surface area contributed by atoms with E-state index in [1.165, 1.54) is 16.2 Å². The number of halogens is 1. The predicted molar refractivity (Wildman–Crippen MR) is 87.0 cm³/mol. The lowest BCUT2D eigenvalue weighted by atomic mass is 10.2. The quantitative estimate of drug-likeness (QED) is 0.844. The molecule has 0 spiro atoms. The number of hydrogen-bond acceptors (Lipinski definition) is 5. The minimum absolute atomic E-state index is 0.181. The molecule has 0 radical (unpaired) electrons. The first kappa shape index (κ1) is 15.0. The molecule has 1 aromatic heterocycles. The fourth-order valence-corrected chi connectivity index (χ4v) is 5.58. The van der Waals surface area contributed by atoms with Crippen molar-refractivity contribution in [1.82, 2.24) is 4.98 Å². The molecule has 1 heterocycles. The molecule has 0 unspecified atom stereocenters. The van der Waals surface area contributed by atoms with E-state index in [1.807, 2.05) is 0 Å². The summed E-state index contributed by atoms with van der Waals surface area (Å²) in [5, 5.41) is 0.435. The van der Waals surface area contributed by atoms with E-state index in [1.54, 1.807) is 18.2 Å². The van der Waals surface area contributed by atoms with Crippen LogP contribution in [-0.4, -0.2) is 13.4 Å². The van der Waals surface area contributed by atoms with Crippen LogP contribution in [0.4, 0.5) is 5.13 Å². The number of rotatable bonds is 4. The zero-order valence-corrected chi connectivity index (χ0v) is 14.3. The topological polar surface area (TPSA) is 85.1 Å². The molecule has 0 amide bonds. The molecular formula is C13H14BrN3O2S2. The second-order valence-electron chi connectivity index (χ2n) is 4.82. The van der Waals surface area contributed by atoms with Gasteiger partial charge in [-0.15, -0.1) is 11.3 Å². The molecule has 2 aromatic rings. The van der Waals surface area contributed by atoms with Crippen molar-refractivity contribution in [1.29, 1.82) is 0 Å². The maximum absolute atomic E-state index is 12.5. The van der Waals surface area contributed by atoms with Crippen molar-refractivity contribution in [2.75, 3.05) is 4.72 Å². The van der Waals surface area contributed by atoms with Crippen molar-refractivity contribution in [2.24, 2.45) is 5.73 Å². The van der Waals surface area contributed by atoms with Crippen LogP contribution >= 0.6 is 27.3 Å². The maximum Gasteiger partial charge on any atom is 0.264 e. The number of nitrogens with two attached hydrogens (primary N) is 1. The van der Waals surface area contributed by atoms with Crippen LogP contribution in [0, 0.1) is 0 Å². The normalized spacial score (nSPS) is 14.2. The number of sulfonamides is 1. The van der Waals surface area contributed by atoms with Gasteiger partial charge in [0.15, 0.2) is 5.13 Å². The van der Waals surface area contributed by atoms with Crippen LogP contribution in [0.25, 0.3) is 0 Å². The lowest BCUT2D eigenvalue weighted by Gasteiger charge is -2.09. The molecule has 3 N–H and O–H groups in total. The number of hydrogen-bond donors (Lipinski definition) is 2. The lowest BCUT2D eigenvalue weighted by Crippen LogP contribution is -2.14. The summed E-state index contributed by atoms with van der Waals surface area (Å²) in [5.74, 6) is 0. The van der Waals surface area contributed by atoms with Crippen LogP contribution in [0.1, 0.15) is 22.6 Å². The van der Waals surface area contributed by atoms with E-state index in [0.717, 1.165) is 30.5 Å². The van der Waals surface area contributed by atoms with Gasteiger partial charge in [0, 0.05) is 15.9 Å². The van der Waals surface area contributed by atoms with Gasteiger partial charge in [0.2, 0.25) is 0 Å². The Kier molecular flexibility index (Phi) is 4.04. The van der Waals surface area contributed by atoms with Crippen molar-refractivity contribution in [3.05, 3.63) is 38.8 Å². The van der Waals surface area contributed by atoms with E-state index in [4.69, 9.17) is 5.73 Å². The Labute approximate surface area is 135 Å². The summed E-state index contributed by atoms with van der Waals surface area (Å²) in [4.78, 5) is 5.73. The Hall–Kier alpha value is -0.960. The van der Waals surface area contributed by atoms with Gasteiger partial charge in [0.05, 0.1) is 5.69 Å². The van der Waals surface area contributed by atoms with Crippen molar-refractivity contribution in [3.8, 4) is 0 Å². The van der Waals surface area contributed by atoms with Crippen LogP contribution < -0.4 is 10.5 Å². The summed E-state index contributed by atoms with van der Waals surface area (Å²) < 4.78 is 28.1. The SMILES string of the molecule is NCc1ccc(Br)c(S(=O)(=O)Nc2nc3c(s2)CCC3)c1. The Bertz CT molecular complexity index is 765. The van der Waals surface area contributed by atoms with E-state index in [9.17, 15) is 8.42 Å². The molecule has 1 aromatic carbocycles. The molecular weight excluding hydrogens is 374 g/mol. The second kappa shape index (κ2) is 5.68. The number of aromatic nitrogens is 1. The van der Waals surface area contributed by atoms with Gasteiger partial charge in [-0.25, -0.2) is 13.4 Å². The van der Waals surface area contributed by atoms with Crippen molar-refractivity contribution in [2.45, 2.75) is 30.7 Å². The molecule has 3 rings (SSSR count). The average Bonchev–Trinajstić information content (AvgIpc) is 2.99. The predicted octanol–water partition coefficient (Wildman–Crippen LogP) is 2.65. The monoisotopic (exact) mass is 387 g/mol. The molecule has 8 heteroatoms. The summed E-state index contributed by atoms with van der Waals surface area (Å²) in [6, 6.07) is 5.06. The van der Waals surface area contributed by atoms with Crippen LogP contribution in [-0.2, 0) is 29.4 Å². The molecule has 112 valence electrons. The smallest absolute Gasteiger partial charge is 0.264 e. The van der Waals surface area contributed by atoms with Gasteiger partial charge in [0.25, 0.3) is 10.0 Å². The van der Waals surface area contributed by atoms with Crippen LogP contribution in [0.2, 0.25) is 0 Å². The minimum Gasteiger partial charge on any atom is -0.326 e. The Balaban J connectivity index is 1.92. The summed E-state index contributed by atoms with van der Waals surface area (Å²) >= 11 is 4.69. The highest BCUT2D eigenvalue weighted by Gasteiger charge is 2.22. The zero-order valence-electron chi connectivity index (χ0n) is 11.1. The van der Waals surface area contributed by atoms with E-state index in [-0.39, 0.29) is 4.90 Å². The Morgan fingerprint density at radius 1 is 1.38 bits per heavy atom. The third-order valence-electron chi connectivity index (χ3n) is 3.34. The molecule has 1 aliphatic rings. The first-order valence-corrected chi connectivity index (χ1v) is 9.59. The van der Waals surface area contributed by atoms with Gasteiger partial charge < -0.3 is 5.73 Å². The van der Waals surface area contributed by atoms with Gasteiger partial charge in [-0.1, -0.05) is 6.07 Å². The highest BCUT2D eigenvalue weighted by atomic mass is 79.9. The Morgan fingerprint density at radius 2 is 2.19 bits per heavy atom. The summed E-state index contributed by atoms with van der Waals surface area (Å²) in [5.41, 5.74) is 7.36. The standard InChI is InChI=1S/C13H14BrN3O2S2/c14-9-5-4-8(7-15)6-12(9)21(18,19)17-13-16-10-2-1-3-11(10)20-13/h4-6H,1-3,7,15H2,(H,16,17). The van der Waals surface area contributed by atoms with Crippen LogP contribution in [0.5, 0.6) is 0 Å². The summed E-state index contributed by atoms with van der Waals surface area (Å²) in [7, 11) is -3.67. The highest BCUT2D eigenvalue weighted by Crippen LogP contribution is 2.32. The largest absolute Gasteiger partial charge is 0.326 e. The number of aryl methyl sites for hydroxylation is 2. The van der Waals surface area contributed by atoms with E-state index >= 15 is 0 Å².